The summed E-state index contributed by atoms with van der Waals surface area (Å²) in [4.78, 5) is 13.7. The number of anilines is 1. The summed E-state index contributed by atoms with van der Waals surface area (Å²) in [5.41, 5.74) is 2.19. The Labute approximate surface area is 156 Å². The van der Waals surface area contributed by atoms with Gasteiger partial charge in [0.2, 0.25) is 0 Å². The number of thiophene rings is 1. The number of benzene rings is 1. The van der Waals surface area contributed by atoms with Gasteiger partial charge in [-0.3, -0.25) is 4.79 Å². The van der Waals surface area contributed by atoms with Gasteiger partial charge in [0.25, 0.3) is 5.91 Å². The van der Waals surface area contributed by atoms with E-state index in [9.17, 15) is 15.3 Å². The van der Waals surface area contributed by atoms with E-state index in [-0.39, 0.29) is 5.57 Å². The van der Waals surface area contributed by atoms with Crippen LogP contribution in [0.4, 0.5) is 5.00 Å². The molecule has 0 unspecified atom stereocenters. The van der Waals surface area contributed by atoms with E-state index >= 15 is 0 Å². The van der Waals surface area contributed by atoms with Crippen molar-refractivity contribution in [2.75, 3.05) is 12.4 Å². The quantitative estimate of drug-likeness (QED) is 0.656. The summed E-state index contributed by atoms with van der Waals surface area (Å²) >= 11 is 1.44. The lowest BCUT2D eigenvalue weighted by Gasteiger charge is -2.09. The molecule has 0 bridgehead atoms. The molecule has 1 heterocycles. The minimum Gasteiger partial charge on any atom is -0.496 e. The number of hydrogen-bond donors (Lipinski definition) is 1. The first-order valence-electron chi connectivity index (χ1n) is 8.28. The molecule has 1 aliphatic carbocycles. The van der Waals surface area contributed by atoms with Crippen LogP contribution in [-0.2, 0) is 17.6 Å². The lowest BCUT2D eigenvalue weighted by atomic mass is 9.96. The third-order valence-corrected chi connectivity index (χ3v) is 5.52. The fraction of sp³-hybridized carbons (Fsp3) is 0.250. The maximum Gasteiger partial charge on any atom is 0.266 e. The van der Waals surface area contributed by atoms with Crippen molar-refractivity contribution in [3.05, 3.63) is 51.4 Å². The molecule has 0 fully saturated rings. The number of nitriles is 2. The normalized spacial score (nSPS) is 13.3. The van der Waals surface area contributed by atoms with Crippen molar-refractivity contribution in [3.8, 4) is 17.9 Å². The number of aryl methyl sites for hydroxylation is 1. The highest BCUT2D eigenvalue weighted by atomic mass is 32.1. The zero-order valence-electron chi connectivity index (χ0n) is 14.3. The minimum atomic E-state index is -0.520. The zero-order chi connectivity index (χ0) is 18.5. The van der Waals surface area contributed by atoms with Crippen LogP contribution in [-0.4, -0.2) is 13.0 Å². The van der Waals surface area contributed by atoms with Crippen LogP contribution in [0.15, 0.2) is 29.8 Å². The Hall–Kier alpha value is -3.09. The molecule has 1 aromatic carbocycles. The molecule has 6 heteroatoms. The summed E-state index contributed by atoms with van der Waals surface area (Å²) in [5.74, 6) is 0.0610. The van der Waals surface area contributed by atoms with Crippen molar-refractivity contribution >= 4 is 28.3 Å². The van der Waals surface area contributed by atoms with Gasteiger partial charge in [0.1, 0.15) is 28.5 Å². The number of ether oxygens (including phenoxy) is 1. The molecular formula is C20H17N3O2S. The SMILES string of the molecule is COc1ccccc1C=C(C#N)C(=O)Nc1sc2c(c1C#N)CCCC2. The van der Waals surface area contributed by atoms with Gasteiger partial charge in [0, 0.05) is 10.4 Å². The van der Waals surface area contributed by atoms with Crippen molar-refractivity contribution < 1.29 is 9.53 Å². The van der Waals surface area contributed by atoms with E-state index in [1.54, 1.807) is 12.1 Å². The van der Waals surface area contributed by atoms with E-state index in [2.05, 4.69) is 11.4 Å². The van der Waals surface area contributed by atoms with Crippen LogP contribution >= 0.6 is 11.3 Å². The van der Waals surface area contributed by atoms with Gasteiger partial charge in [0.15, 0.2) is 0 Å². The smallest absolute Gasteiger partial charge is 0.266 e. The second kappa shape index (κ2) is 7.86. The molecule has 1 aromatic heterocycles. The highest BCUT2D eigenvalue weighted by molar-refractivity contribution is 7.16. The Bertz CT molecular complexity index is 960. The number of carbonyl (C=O) groups is 1. The van der Waals surface area contributed by atoms with Crippen LogP contribution in [0, 0.1) is 22.7 Å². The van der Waals surface area contributed by atoms with E-state index in [1.807, 2.05) is 18.2 Å². The summed E-state index contributed by atoms with van der Waals surface area (Å²) in [5, 5.41) is 22.2. The molecule has 0 atom stereocenters. The lowest BCUT2D eigenvalue weighted by molar-refractivity contribution is -0.112. The van der Waals surface area contributed by atoms with Gasteiger partial charge >= 0.3 is 0 Å². The first-order valence-corrected chi connectivity index (χ1v) is 9.10. The largest absolute Gasteiger partial charge is 0.496 e. The second-order valence-electron chi connectivity index (χ2n) is 5.89. The molecule has 3 rings (SSSR count). The van der Waals surface area contributed by atoms with E-state index in [1.165, 1.54) is 24.5 Å². The second-order valence-corrected chi connectivity index (χ2v) is 7.00. The molecule has 0 saturated heterocycles. The predicted molar refractivity (Wildman–Crippen MR) is 101 cm³/mol. The lowest BCUT2D eigenvalue weighted by Crippen LogP contribution is -2.13. The van der Waals surface area contributed by atoms with Crippen molar-refractivity contribution in [2.45, 2.75) is 25.7 Å². The van der Waals surface area contributed by atoms with Crippen LogP contribution in [0.2, 0.25) is 0 Å². The van der Waals surface area contributed by atoms with Crippen molar-refractivity contribution in [1.29, 1.82) is 10.5 Å². The first-order chi connectivity index (χ1) is 12.7. The number of amides is 1. The topological polar surface area (TPSA) is 85.9 Å². The highest BCUT2D eigenvalue weighted by Gasteiger charge is 2.22. The number of hydrogen-bond acceptors (Lipinski definition) is 5. The summed E-state index contributed by atoms with van der Waals surface area (Å²) < 4.78 is 5.25. The number of carbonyl (C=O) groups excluding carboxylic acids is 1. The highest BCUT2D eigenvalue weighted by Crippen LogP contribution is 2.37. The van der Waals surface area contributed by atoms with Crippen LogP contribution in [0.1, 0.15) is 34.4 Å². The number of nitrogens with zero attached hydrogens (tertiary/aromatic N) is 2. The van der Waals surface area contributed by atoms with Crippen LogP contribution in [0.3, 0.4) is 0 Å². The average Bonchev–Trinajstić information content (AvgIpc) is 3.03. The molecule has 26 heavy (non-hydrogen) atoms. The third kappa shape index (κ3) is 3.46. The molecule has 0 radical (unpaired) electrons. The van der Waals surface area contributed by atoms with Crippen molar-refractivity contribution in [3.63, 3.8) is 0 Å². The zero-order valence-corrected chi connectivity index (χ0v) is 15.2. The molecule has 0 saturated carbocycles. The van der Waals surface area contributed by atoms with Gasteiger partial charge < -0.3 is 10.1 Å². The first kappa shape index (κ1) is 17.7. The summed E-state index contributed by atoms with van der Waals surface area (Å²) in [6, 6.07) is 11.3. The predicted octanol–water partition coefficient (Wildman–Crippen LogP) is 4.05. The van der Waals surface area contributed by atoms with Crippen LogP contribution < -0.4 is 10.1 Å². The fourth-order valence-electron chi connectivity index (χ4n) is 3.03. The number of fused-ring (bicyclic) bond motifs is 1. The van der Waals surface area contributed by atoms with Gasteiger partial charge in [-0.15, -0.1) is 11.3 Å². The summed E-state index contributed by atoms with van der Waals surface area (Å²) in [7, 11) is 1.54. The maximum atomic E-state index is 12.6. The number of para-hydroxylation sites is 1. The van der Waals surface area contributed by atoms with Gasteiger partial charge in [-0.05, 0) is 43.4 Å². The van der Waals surface area contributed by atoms with Crippen molar-refractivity contribution in [2.24, 2.45) is 0 Å². The van der Waals surface area contributed by atoms with E-state index in [0.29, 0.717) is 21.9 Å². The van der Waals surface area contributed by atoms with E-state index < -0.39 is 5.91 Å². The molecule has 0 spiro atoms. The molecule has 1 amide bonds. The Morgan fingerprint density at radius 2 is 2.04 bits per heavy atom. The van der Waals surface area contributed by atoms with E-state index in [4.69, 9.17) is 4.74 Å². The molecule has 1 aliphatic rings. The Balaban J connectivity index is 1.90. The molecule has 1 N–H and O–H groups in total. The standard InChI is InChI=1S/C20H17N3O2S/c1-25-17-8-4-2-6-13(17)10-14(11-21)19(24)23-20-16(12-22)15-7-3-5-9-18(15)26-20/h2,4,6,8,10H,3,5,7,9H2,1H3,(H,23,24). The Kier molecular flexibility index (Phi) is 5.36. The molecule has 2 aromatic rings. The number of nitrogens with one attached hydrogen (secondary N) is 1. The van der Waals surface area contributed by atoms with Gasteiger partial charge in [-0.2, -0.15) is 10.5 Å². The summed E-state index contributed by atoms with van der Waals surface area (Å²) in [6.07, 6.45) is 5.46. The van der Waals surface area contributed by atoms with Crippen LogP contribution in [0.25, 0.3) is 6.08 Å². The molecule has 5 nitrogen and oxygen atoms in total. The average molecular weight is 363 g/mol. The molecule has 130 valence electrons. The number of rotatable bonds is 4. The molecule has 0 aliphatic heterocycles. The van der Waals surface area contributed by atoms with Gasteiger partial charge in [-0.1, -0.05) is 18.2 Å². The number of methoxy groups -OCH3 is 1. The van der Waals surface area contributed by atoms with Crippen LogP contribution in [0.5, 0.6) is 5.75 Å². The van der Waals surface area contributed by atoms with Gasteiger partial charge in [-0.25, -0.2) is 0 Å². The molecular weight excluding hydrogens is 346 g/mol. The third-order valence-electron chi connectivity index (χ3n) is 4.31. The minimum absolute atomic E-state index is 0.0373. The van der Waals surface area contributed by atoms with Crippen molar-refractivity contribution in [1.82, 2.24) is 0 Å². The fourth-order valence-corrected chi connectivity index (χ4v) is 4.27. The van der Waals surface area contributed by atoms with E-state index in [0.717, 1.165) is 36.1 Å². The monoisotopic (exact) mass is 363 g/mol. The summed E-state index contributed by atoms with van der Waals surface area (Å²) in [6.45, 7) is 0. The van der Waals surface area contributed by atoms with Gasteiger partial charge in [0.05, 0.1) is 12.7 Å². The Morgan fingerprint density at radius 1 is 1.27 bits per heavy atom. The maximum absolute atomic E-state index is 12.6. The Morgan fingerprint density at radius 3 is 2.77 bits per heavy atom.